The Labute approximate surface area is 105 Å². The molecule has 0 aliphatic rings. The second-order valence-corrected chi connectivity index (χ2v) is 3.80. The normalized spacial score (nSPS) is 18.2. The second kappa shape index (κ2) is 6.74. The summed E-state index contributed by atoms with van der Waals surface area (Å²) in [5.41, 5.74) is 0. The number of hydrogen-bond donors (Lipinski definition) is 0. The number of ether oxygens (including phenoxy) is 2. The molecular formula is C10H15F7O2. The van der Waals surface area contributed by atoms with Gasteiger partial charge in [0, 0.05) is 0 Å². The zero-order valence-electron chi connectivity index (χ0n) is 10.4. The van der Waals surface area contributed by atoms with Crippen LogP contribution in [0.4, 0.5) is 30.7 Å². The molecule has 0 aromatic rings. The van der Waals surface area contributed by atoms with Crippen molar-refractivity contribution < 1.29 is 40.2 Å². The molecule has 0 aliphatic heterocycles. The van der Waals surface area contributed by atoms with Crippen LogP contribution in [0.15, 0.2) is 0 Å². The smallest absolute Gasteiger partial charge is 0.312 e. The summed E-state index contributed by atoms with van der Waals surface area (Å²) in [5.74, 6) is -5.52. The van der Waals surface area contributed by atoms with Gasteiger partial charge in [0.15, 0.2) is 6.86 Å². The van der Waals surface area contributed by atoms with Crippen molar-refractivity contribution in [2.75, 3.05) is 6.86 Å². The van der Waals surface area contributed by atoms with Gasteiger partial charge >= 0.3 is 18.1 Å². The van der Waals surface area contributed by atoms with Crippen LogP contribution in [0.2, 0.25) is 0 Å². The first-order valence-corrected chi connectivity index (χ1v) is 5.56. The van der Waals surface area contributed by atoms with Gasteiger partial charge in [-0.2, -0.15) is 26.3 Å². The Morgan fingerprint density at radius 2 is 1.53 bits per heavy atom. The molecule has 0 amide bonds. The Balaban J connectivity index is 5.19. The number of hydrogen-bond acceptors (Lipinski definition) is 2. The Hall–Kier alpha value is -0.570. The average molecular weight is 300 g/mol. The van der Waals surface area contributed by atoms with E-state index in [0.29, 0.717) is 6.42 Å². The summed E-state index contributed by atoms with van der Waals surface area (Å²) in [4.78, 5) is 0. The van der Waals surface area contributed by atoms with Gasteiger partial charge in [-0.25, -0.2) is 4.39 Å². The van der Waals surface area contributed by atoms with Gasteiger partial charge < -0.3 is 9.47 Å². The van der Waals surface area contributed by atoms with E-state index in [0.717, 1.165) is 0 Å². The van der Waals surface area contributed by atoms with Crippen LogP contribution in [0.1, 0.15) is 33.1 Å². The molecule has 0 heterocycles. The summed E-state index contributed by atoms with van der Waals surface area (Å²) < 4.78 is 95.4. The molecule has 0 aromatic heterocycles. The van der Waals surface area contributed by atoms with Crippen molar-refractivity contribution in [1.82, 2.24) is 0 Å². The molecule has 2 atom stereocenters. The standard InChI is InChI=1S/C10H15F7O2/c1-3-5-7(4-2)19-10(16,17)8(12,18-6-11)9(13,14)15/h7H,3-6H2,1-2H3. The molecule has 0 rings (SSSR count). The van der Waals surface area contributed by atoms with E-state index in [1.54, 1.807) is 6.92 Å². The zero-order valence-corrected chi connectivity index (χ0v) is 10.4. The zero-order chi connectivity index (χ0) is 15.3. The number of alkyl halides is 7. The predicted octanol–water partition coefficient (Wildman–Crippen LogP) is 4.35. The van der Waals surface area contributed by atoms with Crippen LogP contribution in [-0.4, -0.2) is 31.1 Å². The average Bonchev–Trinajstić information content (AvgIpc) is 2.26. The molecule has 0 fully saturated rings. The molecule has 0 N–H and O–H groups in total. The lowest BCUT2D eigenvalue weighted by Crippen LogP contribution is -2.59. The summed E-state index contributed by atoms with van der Waals surface area (Å²) in [6.07, 6.45) is -12.5. The number of halogens is 7. The second-order valence-electron chi connectivity index (χ2n) is 3.80. The largest absolute Gasteiger partial charge is 0.458 e. The highest BCUT2D eigenvalue weighted by molar-refractivity contribution is 4.87. The summed E-state index contributed by atoms with van der Waals surface area (Å²) in [5, 5.41) is 0. The minimum Gasteiger partial charge on any atom is -0.312 e. The minimum atomic E-state index is -6.13. The summed E-state index contributed by atoms with van der Waals surface area (Å²) >= 11 is 0. The van der Waals surface area contributed by atoms with E-state index in [2.05, 4.69) is 9.47 Å². The highest BCUT2D eigenvalue weighted by Gasteiger charge is 2.75. The van der Waals surface area contributed by atoms with Gasteiger partial charge in [0.25, 0.3) is 0 Å². The van der Waals surface area contributed by atoms with Crippen LogP contribution >= 0.6 is 0 Å². The number of rotatable bonds is 8. The van der Waals surface area contributed by atoms with Gasteiger partial charge in [-0.1, -0.05) is 20.3 Å². The van der Waals surface area contributed by atoms with Gasteiger partial charge in [0.05, 0.1) is 6.10 Å². The van der Waals surface area contributed by atoms with Crippen molar-refractivity contribution >= 4 is 0 Å². The molecule has 2 unspecified atom stereocenters. The lowest BCUT2D eigenvalue weighted by atomic mass is 10.1. The summed E-state index contributed by atoms with van der Waals surface area (Å²) in [6, 6.07) is 0. The fourth-order valence-corrected chi connectivity index (χ4v) is 1.36. The Bertz CT molecular complexity index is 269. The molecule has 116 valence electrons. The molecule has 0 spiro atoms. The maximum Gasteiger partial charge on any atom is 0.458 e. The molecular weight excluding hydrogens is 285 g/mol. The molecule has 9 heteroatoms. The van der Waals surface area contributed by atoms with Crippen molar-refractivity contribution in [3.63, 3.8) is 0 Å². The van der Waals surface area contributed by atoms with Crippen molar-refractivity contribution in [2.24, 2.45) is 0 Å². The van der Waals surface area contributed by atoms with Crippen LogP contribution in [0.5, 0.6) is 0 Å². The highest BCUT2D eigenvalue weighted by atomic mass is 19.4. The lowest BCUT2D eigenvalue weighted by Gasteiger charge is -2.34. The van der Waals surface area contributed by atoms with E-state index >= 15 is 0 Å². The topological polar surface area (TPSA) is 18.5 Å². The van der Waals surface area contributed by atoms with Crippen molar-refractivity contribution in [2.45, 2.75) is 57.4 Å². The fraction of sp³-hybridized carbons (Fsp3) is 1.00. The predicted molar refractivity (Wildman–Crippen MR) is 52.0 cm³/mol. The fourth-order valence-electron chi connectivity index (χ4n) is 1.36. The van der Waals surface area contributed by atoms with E-state index in [1.165, 1.54) is 6.92 Å². The highest BCUT2D eigenvalue weighted by Crippen LogP contribution is 2.47. The van der Waals surface area contributed by atoms with E-state index < -0.39 is 31.1 Å². The quantitative estimate of drug-likeness (QED) is 0.621. The van der Waals surface area contributed by atoms with E-state index in [-0.39, 0.29) is 12.8 Å². The van der Waals surface area contributed by atoms with E-state index in [9.17, 15) is 30.7 Å². The van der Waals surface area contributed by atoms with Crippen molar-refractivity contribution in [1.29, 1.82) is 0 Å². The Morgan fingerprint density at radius 1 is 1.00 bits per heavy atom. The van der Waals surface area contributed by atoms with Gasteiger partial charge in [-0.15, -0.1) is 0 Å². The third kappa shape index (κ3) is 4.20. The van der Waals surface area contributed by atoms with Gasteiger partial charge in [0.1, 0.15) is 0 Å². The van der Waals surface area contributed by atoms with Crippen molar-refractivity contribution in [3.05, 3.63) is 0 Å². The molecule has 0 saturated heterocycles. The van der Waals surface area contributed by atoms with Crippen LogP contribution < -0.4 is 0 Å². The van der Waals surface area contributed by atoms with E-state index in [1.807, 2.05) is 0 Å². The maximum absolute atomic E-state index is 13.4. The van der Waals surface area contributed by atoms with Gasteiger partial charge in [-0.3, -0.25) is 0 Å². The molecule has 0 aromatic carbocycles. The van der Waals surface area contributed by atoms with Crippen molar-refractivity contribution in [3.8, 4) is 0 Å². The molecule has 0 bridgehead atoms. The Kier molecular flexibility index (Phi) is 6.53. The molecule has 19 heavy (non-hydrogen) atoms. The first kappa shape index (κ1) is 18.4. The SMILES string of the molecule is CCCC(CC)OC(F)(F)C(F)(OCF)C(F)(F)F. The van der Waals surface area contributed by atoms with Crippen LogP contribution in [0.3, 0.4) is 0 Å². The summed E-state index contributed by atoms with van der Waals surface area (Å²) in [6.45, 7) is 0.619. The molecule has 2 nitrogen and oxygen atoms in total. The third-order valence-corrected chi connectivity index (χ3v) is 2.37. The van der Waals surface area contributed by atoms with E-state index in [4.69, 9.17) is 0 Å². The van der Waals surface area contributed by atoms with Crippen LogP contribution in [-0.2, 0) is 9.47 Å². The first-order chi connectivity index (χ1) is 8.55. The molecule has 0 aliphatic carbocycles. The van der Waals surface area contributed by atoms with Gasteiger partial charge in [-0.05, 0) is 12.8 Å². The van der Waals surface area contributed by atoms with Crippen LogP contribution in [0, 0.1) is 0 Å². The van der Waals surface area contributed by atoms with Gasteiger partial charge in [0.2, 0.25) is 0 Å². The maximum atomic E-state index is 13.4. The van der Waals surface area contributed by atoms with Crippen LogP contribution in [0.25, 0.3) is 0 Å². The Morgan fingerprint density at radius 3 is 1.84 bits per heavy atom. The monoisotopic (exact) mass is 300 g/mol. The minimum absolute atomic E-state index is 0.00958. The lowest BCUT2D eigenvalue weighted by molar-refractivity contribution is -0.469. The third-order valence-electron chi connectivity index (χ3n) is 2.37. The summed E-state index contributed by atoms with van der Waals surface area (Å²) in [7, 11) is 0. The first-order valence-electron chi connectivity index (χ1n) is 5.56. The molecule has 0 radical (unpaired) electrons. The molecule has 0 saturated carbocycles.